The standard InChI is InChI=1S/C14H12N2.C7H10N2.C2H6O.2CO2/c1-10-7-8-12-13(9-10)16-14(15-12)11-5-3-2-4-6-11;1-5-2-3-6(8)7(9)4-5;1-2-3;2*2-1-3/h2-9H,1H3,(H,15,16);2-4H,8-9H2,1H3;3H,2H2,1H3;;. The van der Waals surface area contributed by atoms with Gasteiger partial charge in [0.15, 0.2) is 0 Å². The van der Waals surface area contributed by atoms with Crippen molar-refractivity contribution < 1.29 is 24.3 Å². The van der Waals surface area contributed by atoms with Crippen LogP contribution in [0.25, 0.3) is 22.4 Å². The lowest BCUT2D eigenvalue weighted by Crippen LogP contribution is -1.93. The largest absolute Gasteiger partial charge is 0.397 e. The molecule has 1 aromatic heterocycles. The monoisotopic (exact) mass is 464 g/mol. The molecule has 0 fully saturated rings. The summed E-state index contributed by atoms with van der Waals surface area (Å²) >= 11 is 0. The quantitative estimate of drug-likeness (QED) is 0.310. The van der Waals surface area contributed by atoms with E-state index in [2.05, 4.69) is 41.2 Å². The van der Waals surface area contributed by atoms with Crippen LogP contribution in [-0.2, 0) is 19.2 Å². The number of nitrogens with one attached hydrogen (secondary N) is 1. The highest BCUT2D eigenvalue weighted by Gasteiger charge is 2.04. The molecule has 0 atom stereocenters. The Bertz CT molecular complexity index is 1180. The van der Waals surface area contributed by atoms with Crippen LogP contribution in [0.2, 0.25) is 0 Å². The van der Waals surface area contributed by atoms with Crippen LogP contribution in [0.4, 0.5) is 11.4 Å². The maximum absolute atomic E-state index is 8.12. The first kappa shape index (κ1) is 29.5. The summed E-state index contributed by atoms with van der Waals surface area (Å²) in [5.41, 5.74) is 17.9. The molecule has 0 radical (unpaired) electrons. The van der Waals surface area contributed by atoms with Crippen LogP contribution in [-0.4, -0.2) is 34.0 Å². The molecule has 9 nitrogen and oxygen atoms in total. The summed E-state index contributed by atoms with van der Waals surface area (Å²) in [7, 11) is 0. The molecule has 6 N–H and O–H groups in total. The lowest BCUT2D eigenvalue weighted by molar-refractivity contribution is -0.193. The molecule has 0 amide bonds. The number of aromatic amines is 1. The average molecular weight is 465 g/mol. The number of carbonyl (C=O) groups excluding carboxylic acids is 4. The highest BCUT2D eigenvalue weighted by Crippen LogP contribution is 2.20. The molecule has 0 aliphatic heterocycles. The molecule has 0 saturated carbocycles. The van der Waals surface area contributed by atoms with E-state index in [1.54, 1.807) is 6.92 Å². The van der Waals surface area contributed by atoms with Crippen molar-refractivity contribution >= 4 is 34.7 Å². The second kappa shape index (κ2) is 17.1. The second-order valence-electron chi connectivity index (χ2n) is 6.59. The highest BCUT2D eigenvalue weighted by molar-refractivity contribution is 5.79. The number of H-pyrrole nitrogens is 1. The average Bonchev–Trinajstić information content (AvgIpc) is 3.23. The van der Waals surface area contributed by atoms with Gasteiger partial charge in [0, 0.05) is 12.2 Å². The van der Waals surface area contributed by atoms with Gasteiger partial charge in [0.05, 0.1) is 22.4 Å². The summed E-state index contributed by atoms with van der Waals surface area (Å²) in [6.45, 7) is 6.00. The molecular weight excluding hydrogens is 436 g/mol. The van der Waals surface area contributed by atoms with Gasteiger partial charge in [0.25, 0.3) is 0 Å². The van der Waals surface area contributed by atoms with E-state index in [-0.39, 0.29) is 18.9 Å². The predicted octanol–water partition coefficient (Wildman–Crippen LogP) is 3.53. The Labute approximate surface area is 197 Å². The summed E-state index contributed by atoms with van der Waals surface area (Å²) in [5.74, 6) is 0.932. The molecule has 0 saturated heterocycles. The minimum absolute atomic E-state index is 0.250. The summed E-state index contributed by atoms with van der Waals surface area (Å²) in [6, 6.07) is 22.0. The van der Waals surface area contributed by atoms with Crippen molar-refractivity contribution in [2.45, 2.75) is 20.8 Å². The van der Waals surface area contributed by atoms with Crippen molar-refractivity contribution in [1.82, 2.24) is 9.97 Å². The Morgan fingerprint density at radius 1 is 0.824 bits per heavy atom. The first-order chi connectivity index (χ1) is 16.3. The van der Waals surface area contributed by atoms with E-state index in [0.29, 0.717) is 11.4 Å². The normalized spacial score (nSPS) is 8.59. The molecular formula is C25H28N4O5. The molecule has 3 aromatic carbocycles. The predicted molar refractivity (Wildman–Crippen MR) is 129 cm³/mol. The number of nitrogens with zero attached hydrogens (tertiary/aromatic N) is 1. The Morgan fingerprint density at radius 3 is 1.82 bits per heavy atom. The summed E-state index contributed by atoms with van der Waals surface area (Å²) in [6.07, 6.45) is 0.500. The molecule has 1 heterocycles. The molecule has 0 spiro atoms. The van der Waals surface area contributed by atoms with Crippen molar-refractivity contribution in [2.75, 3.05) is 18.1 Å². The zero-order valence-electron chi connectivity index (χ0n) is 19.2. The van der Waals surface area contributed by atoms with Crippen LogP contribution in [0.15, 0.2) is 66.7 Å². The third kappa shape index (κ3) is 11.2. The maximum atomic E-state index is 8.12. The minimum atomic E-state index is 0.250. The van der Waals surface area contributed by atoms with Crippen LogP contribution in [0.3, 0.4) is 0 Å². The number of nitrogens with two attached hydrogens (primary N) is 2. The smallest absolute Gasteiger partial charge is 0.373 e. The number of hydrogen-bond donors (Lipinski definition) is 4. The van der Waals surface area contributed by atoms with E-state index in [9.17, 15) is 0 Å². The van der Waals surface area contributed by atoms with Crippen molar-refractivity contribution in [1.29, 1.82) is 0 Å². The number of rotatable bonds is 1. The van der Waals surface area contributed by atoms with Crippen molar-refractivity contribution in [3.05, 3.63) is 77.9 Å². The van der Waals surface area contributed by atoms with Crippen molar-refractivity contribution in [3.8, 4) is 11.4 Å². The van der Waals surface area contributed by atoms with Gasteiger partial charge >= 0.3 is 12.3 Å². The number of aliphatic hydroxyl groups excluding tert-OH is 1. The fourth-order valence-electron chi connectivity index (χ4n) is 2.55. The van der Waals surface area contributed by atoms with Crippen molar-refractivity contribution in [2.24, 2.45) is 0 Å². The molecule has 0 aliphatic rings. The van der Waals surface area contributed by atoms with Gasteiger partial charge in [0.2, 0.25) is 0 Å². The number of aliphatic hydroxyl groups is 1. The SMILES string of the molecule is CCO.Cc1ccc(N)c(N)c1.Cc1ccc2nc(-c3ccccc3)[nH]c2c1.O=C=O.O=C=O. The fourth-order valence-corrected chi connectivity index (χ4v) is 2.55. The van der Waals surface area contributed by atoms with E-state index in [0.717, 1.165) is 28.0 Å². The number of fused-ring (bicyclic) bond motifs is 1. The van der Waals surface area contributed by atoms with E-state index < -0.39 is 0 Å². The molecule has 4 rings (SSSR count). The van der Waals surface area contributed by atoms with Crippen LogP contribution < -0.4 is 11.5 Å². The van der Waals surface area contributed by atoms with E-state index in [4.69, 9.17) is 35.8 Å². The Morgan fingerprint density at radius 2 is 1.32 bits per heavy atom. The number of aromatic nitrogens is 2. The van der Waals surface area contributed by atoms with E-state index >= 15 is 0 Å². The molecule has 178 valence electrons. The van der Waals surface area contributed by atoms with Gasteiger partial charge in [-0.1, -0.05) is 42.5 Å². The third-order valence-electron chi connectivity index (χ3n) is 3.93. The lowest BCUT2D eigenvalue weighted by atomic mass is 10.2. The number of nitrogen functional groups attached to an aromatic ring is 2. The molecule has 9 heteroatoms. The third-order valence-corrected chi connectivity index (χ3v) is 3.93. The maximum Gasteiger partial charge on any atom is 0.373 e. The highest BCUT2D eigenvalue weighted by atomic mass is 16.2. The fraction of sp³-hybridized carbons (Fsp3) is 0.160. The van der Waals surface area contributed by atoms with Crippen LogP contribution in [0, 0.1) is 13.8 Å². The second-order valence-corrected chi connectivity index (χ2v) is 6.59. The van der Waals surface area contributed by atoms with Gasteiger partial charge in [-0.15, -0.1) is 0 Å². The molecule has 0 bridgehead atoms. The number of aryl methyl sites for hydroxylation is 2. The molecule has 34 heavy (non-hydrogen) atoms. The topological polar surface area (TPSA) is 169 Å². The van der Waals surface area contributed by atoms with Crippen LogP contribution in [0.5, 0.6) is 0 Å². The Kier molecular flexibility index (Phi) is 14.8. The van der Waals surface area contributed by atoms with Crippen LogP contribution >= 0.6 is 0 Å². The molecule has 4 aromatic rings. The number of imidazole rings is 1. The van der Waals surface area contributed by atoms with Gasteiger partial charge < -0.3 is 21.6 Å². The molecule has 0 aliphatic carbocycles. The van der Waals surface area contributed by atoms with Gasteiger partial charge in [-0.2, -0.15) is 19.2 Å². The summed E-state index contributed by atoms with van der Waals surface area (Å²) in [4.78, 5) is 40.4. The zero-order valence-corrected chi connectivity index (χ0v) is 19.2. The Balaban J connectivity index is 0.000000513. The number of hydrogen-bond acceptors (Lipinski definition) is 8. The van der Waals surface area contributed by atoms with E-state index in [1.165, 1.54) is 5.56 Å². The number of anilines is 2. The van der Waals surface area contributed by atoms with E-state index in [1.807, 2.05) is 49.4 Å². The first-order valence-corrected chi connectivity index (χ1v) is 10.0. The van der Waals surface area contributed by atoms with Gasteiger partial charge in [-0.3, -0.25) is 0 Å². The zero-order chi connectivity index (χ0) is 25.9. The van der Waals surface area contributed by atoms with Crippen molar-refractivity contribution in [3.63, 3.8) is 0 Å². The van der Waals surface area contributed by atoms with Gasteiger partial charge in [-0.05, 0) is 56.2 Å². The summed E-state index contributed by atoms with van der Waals surface area (Å²) in [5, 5.41) is 7.57. The molecule has 0 unspecified atom stereocenters. The minimum Gasteiger partial charge on any atom is -0.397 e. The first-order valence-electron chi connectivity index (χ1n) is 10.0. The lowest BCUT2D eigenvalue weighted by Gasteiger charge is -1.98. The van der Waals surface area contributed by atoms with Gasteiger partial charge in [-0.25, -0.2) is 4.98 Å². The number of benzene rings is 3. The summed E-state index contributed by atoms with van der Waals surface area (Å²) < 4.78 is 0. The van der Waals surface area contributed by atoms with Crippen LogP contribution in [0.1, 0.15) is 18.1 Å². The Hall–Kier alpha value is -4.55. The van der Waals surface area contributed by atoms with Gasteiger partial charge in [0.1, 0.15) is 5.82 Å².